The van der Waals surface area contributed by atoms with E-state index in [4.69, 9.17) is 17.3 Å². The first-order valence-corrected chi connectivity index (χ1v) is 9.40. The van der Waals surface area contributed by atoms with Crippen molar-refractivity contribution in [3.63, 3.8) is 0 Å². The summed E-state index contributed by atoms with van der Waals surface area (Å²) in [6.07, 6.45) is 7.90. The lowest BCUT2D eigenvalue weighted by Gasteiger charge is -2.27. The summed E-state index contributed by atoms with van der Waals surface area (Å²) >= 11 is 6.07. The largest absolute Gasteiger partial charge is 0.378 e. The zero-order valence-corrected chi connectivity index (χ0v) is 15.3. The predicted molar refractivity (Wildman–Crippen MR) is 106 cm³/mol. The smallest absolute Gasteiger partial charge is 0.177 e. The first-order chi connectivity index (χ1) is 12.7. The average molecular weight is 371 g/mol. The summed E-state index contributed by atoms with van der Waals surface area (Å²) in [4.78, 5) is 4.41. The van der Waals surface area contributed by atoms with Gasteiger partial charge in [0, 0.05) is 42.1 Å². The van der Waals surface area contributed by atoms with Crippen LogP contribution in [0.3, 0.4) is 0 Å². The molecular formula is C19H23ClN6. The summed E-state index contributed by atoms with van der Waals surface area (Å²) in [5.74, 6) is 0.851. The third-order valence-electron chi connectivity index (χ3n) is 4.85. The summed E-state index contributed by atoms with van der Waals surface area (Å²) < 4.78 is 1.80. The number of anilines is 2. The van der Waals surface area contributed by atoms with E-state index >= 15 is 0 Å². The van der Waals surface area contributed by atoms with Crippen LogP contribution in [0.2, 0.25) is 5.02 Å². The van der Waals surface area contributed by atoms with E-state index in [9.17, 15) is 0 Å². The van der Waals surface area contributed by atoms with Gasteiger partial charge < -0.3 is 16.4 Å². The normalized spacial score (nSPS) is 20.2. The first-order valence-electron chi connectivity index (χ1n) is 9.02. The fraction of sp³-hybridized carbons (Fsp3) is 0.368. The molecular weight excluding hydrogens is 348 g/mol. The molecule has 1 fully saturated rings. The molecule has 0 amide bonds. The third-order valence-corrected chi connectivity index (χ3v) is 5.09. The predicted octanol–water partition coefficient (Wildman–Crippen LogP) is 3.68. The number of nitrogens with one attached hydrogen (secondary N) is 2. The molecule has 0 aliphatic heterocycles. The average Bonchev–Trinajstić information content (AvgIpc) is 3.10. The summed E-state index contributed by atoms with van der Waals surface area (Å²) in [7, 11) is 0. The van der Waals surface area contributed by atoms with Crippen LogP contribution in [0.15, 0.2) is 42.7 Å². The van der Waals surface area contributed by atoms with Gasteiger partial charge in [-0.2, -0.15) is 0 Å². The highest BCUT2D eigenvalue weighted by molar-refractivity contribution is 6.30. The number of hydrogen-bond acceptors (Lipinski definition) is 5. The molecule has 1 aromatic carbocycles. The summed E-state index contributed by atoms with van der Waals surface area (Å²) in [5, 5.41) is 12.4. The Hall–Kier alpha value is -2.31. The van der Waals surface area contributed by atoms with Crippen LogP contribution < -0.4 is 16.4 Å². The summed E-state index contributed by atoms with van der Waals surface area (Å²) in [6.45, 7) is 0.671. The molecule has 2 heterocycles. The van der Waals surface area contributed by atoms with Gasteiger partial charge in [0.2, 0.25) is 0 Å². The highest BCUT2D eigenvalue weighted by Gasteiger charge is 2.19. The number of rotatable bonds is 5. The number of benzene rings is 1. The Labute approximate surface area is 157 Å². The molecule has 26 heavy (non-hydrogen) atoms. The molecule has 1 aliphatic carbocycles. The Balaban J connectivity index is 1.52. The monoisotopic (exact) mass is 370 g/mol. The van der Waals surface area contributed by atoms with E-state index in [1.54, 1.807) is 10.7 Å². The SMILES string of the molecule is NC1CCC(Nc2cc(NCc3cccc(Cl)c3)c3nccn3n2)CC1. The molecule has 136 valence electrons. The van der Waals surface area contributed by atoms with Gasteiger partial charge >= 0.3 is 0 Å². The molecule has 2 aromatic heterocycles. The van der Waals surface area contributed by atoms with E-state index in [1.807, 2.05) is 36.5 Å². The van der Waals surface area contributed by atoms with Crippen molar-refractivity contribution in [2.45, 2.75) is 44.3 Å². The minimum absolute atomic E-state index is 0.340. The van der Waals surface area contributed by atoms with Gasteiger partial charge in [-0.3, -0.25) is 0 Å². The lowest BCUT2D eigenvalue weighted by Crippen LogP contribution is -2.33. The van der Waals surface area contributed by atoms with Gasteiger partial charge in [0.15, 0.2) is 5.65 Å². The second kappa shape index (κ2) is 7.51. The minimum Gasteiger partial charge on any atom is -0.378 e. The van der Waals surface area contributed by atoms with Crippen molar-refractivity contribution in [2.75, 3.05) is 10.6 Å². The molecule has 4 rings (SSSR count). The van der Waals surface area contributed by atoms with Crippen molar-refractivity contribution in [1.82, 2.24) is 14.6 Å². The number of hydrogen-bond donors (Lipinski definition) is 3. The van der Waals surface area contributed by atoms with Crippen LogP contribution >= 0.6 is 11.6 Å². The van der Waals surface area contributed by atoms with Crippen LogP contribution in [-0.2, 0) is 6.54 Å². The maximum absolute atomic E-state index is 6.07. The second-order valence-electron chi connectivity index (χ2n) is 6.88. The van der Waals surface area contributed by atoms with Crippen LogP contribution in [0.4, 0.5) is 11.5 Å². The molecule has 4 N–H and O–H groups in total. The summed E-state index contributed by atoms with van der Waals surface area (Å²) in [5.41, 5.74) is 8.88. The van der Waals surface area contributed by atoms with Crippen molar-refractivity contribution >= 4 is 28.8 Å². The van der Waals surface area contributed by atoms with Gasteiger partial charge in [-0.1, -0.05) is 23.7 Å². The lowest BCUT2D eigenvalue weighted by molar-refractivity contribution is 0.410. The maximum Gasteiger partial charge on any atom is 0.177 e. The quantitative estimate of drug-likeness (QED) is 0.638. The Kier molecular flexibility index (Phi) is 4.95. The number of nitrogens with two attached hydrogens (primary N) is 1. The first kappa shape index (κ1) is 17.1. The van der Waals surface area contributed by atoms with Gasteiger partial charge in [-0.05, 0) is 43.4 Å². The number of aromatic nitrogens is 3. The fourth-order valence-electron chi connectivity index (χ4n) is 3.43. The Morgan fingerprint density at radius 3 is 2.85 bits per heavy atom. The zero-order valence-electron chi connectivity index (χ0n) is 14.5. The maximum atomic E-state index is 6.07. The van der Waals surface area contributed by atoms with E-state index in [0.29, 0.717) is 18.6 Å². The molecule has 0 saturated heterocycles. The lowest BCUT2D eigenvalue weighted by atomic mass is 9.92. The molecule has 1 aliphatic rings. The van der Waals surface area contributed by atoms with Crippen LogP contribution in [0.25, 0.3) is 5.65 Å². The highest BCUT2D eigenvalue weighted by Crippen LogP contribution is 2.24. The topological polar surface area (TPSA) is 80.3 Å². The molecule has 1 saturated carbocycles. The molecule has 0 radical (unpaired) electrons. The zero-order chi connectivity index (χ0) is 17.9. The minimum atomic E-state index is 0.340. The number of nitrogens with zero attached hydrogens (tertiary/aromatic N) is 3. The van der Waals surface area contributed by atoms with Gasteiger partial charge in [-0.25, -0.2) is 9.50 Å². The molecule has 0 unspecified atom stereocenters. The molecule has 0 bridgehead atoms. The van der Waals surface area contributed by atoms with Gasteiger partial charge in [0.1, 0.15) is 5.82 Å². The number of halogens is 1. The second-order valence-corrected chi connectivity index (χ2v) is 7.31. The Morgan fingerprint density at radius 2 is 2.04 bits per heavy atom. The van der Waals surface area contributed by atoms with Crippen molar-refractivity contribution in [2.24, 2.45) is 5.73 Å². The van der Waals surface area contributed by atoms with Crippen molar-refractivity contribution in [3.8, 4) is 0 Å². The summed E-state index contributed by atoms with van der Waals surface area (Å²) in [6, 6.07) is 10.6. The van der Waals surface area contributed by atoms with E-state index < -0.39 is 0 Å². The molecule has 7 heteroatoms. The highest BCUT2D eigenvalue weighted by atomic mass is 35.5. The van der Waals surface area contributed by atoms with Crippen LogP contribution in [0.1, 0.15) is 31.2 Å². The van der Waals surface area contributed by atoms with Crippen LogP contribution in [0.5, 0.6) is 0 Å². The van der Waals surface area contributed by atoms with Gasteiger partial charge in [0.05, 0.1) is 5.69 Å². The third kappa shape index (κ3) is 3.92. The Morgan fingerprint density at radius 1 is 1.19 bits per heavy atom. The van der Waals surface area contributed by atoms with Crippen LogP contribution in [-0.4, -0.2) is 26.7 Å². The number of imidazole rings is 1. The van der Waals surface area contributed by atoms with Crippen LogP contribution in [0, 0.1) is 0 Å². The van der Waals surface area contributed by atoms with Gasteiger partial charge in [0.25, 0.3) is 0 Å². The molecule has 6 nitrogen and oxygen atoms in total. The van der Waals surface area contributed by atoms with Crippen molar-refractivity contribution in [3.05, 3.63) is 53.3 Å². The molecule has 0 spiro atoms. The van der Waals surface area contributed by atoms with E-state index in [2.05, 4.69) is 20.7 Å². The van der Waals surface area contributed by atoms with E-state index in [0.717, 1.165) is 53.4 Å². The number of fused-ring (bicyclic) bond motifs is 1. The Bertz CT molecular complexity index is 885. The van der Waals surface area contributed by atoms with E-state index in [-0.39, 0.29) is 0 Å². The van der Waals surface area contributed by atoms with Crippen molar-refractivity contribution < 1.29 is 0 Å². The van der Waals surface area contributed by atoms with Gasteiger partial charge in [-0.15, -0.1) is 5.10 Å². The van der Waals surface area contributed by atoms with E-state index in [1.165, 1.54) is 0 Å². The fourth-order valence-corrected chi connectivity index (χ4v) is 3.65. The molecule has 3 aromatic rings. The molecule has 0 atom stereocenters. The standard InChI is InChI=1S/C19H23ClN6/c20-14-3-1-2-13(10-14)12-23-17-11-18(25-26-9-8-22-19(17)26)24-16-6-4-15(21)5-7-16/h1-3,8-11,15-16,23H,4-7,12,21H2,(H,24,25). The van der Waals surface area contributed by atoms with Crippen molar-refractivity contribution in [1.29, 1.82) is 0 Å².